The largest absolute Gasteiger partial charge is 4.00 e. The summed E-state index contributed by atoms with van der Waals surface area (Å²) in [6.07, 6.45) is 6.50. The molecule has 0 saturated heterocycles. The summed E-state index contributed by atoms with van der Waals surface area (Å²) in [7, 11) is 0. The molecular weight excluding hydrogens is 168 g/mol. The van der Waals surface area contributed by atoms with Gasteiger partial charge in [0.25, 0.3) is 0 Å². The standard InChI is InChI=1S/C7H9.3CH3.Ti/c1-6-3-4-7(2)5-6;;;;/h3H,4H2,1-2H3;3*1H3;/q4*-1;+4. The molecule has 0 unspecified atom stereocenters. The van der Waals surface area contributed by atoms with Gasteiger partial charge in [0.05, 0.1) is 0 Å². The third kappa shape index (κ3) is 8.10. The van der Waals surface area contributed by atoms with Gasteiger partial charge in [0.1, 0.15) is 0 Å². The van der Waals surface area contributed by atoms with E-state index in [4.69, 9.17) is 0 Å². The molecule has 0 nitrogen and oxygen atoms in total. The summed E-state index contributed by atoms with van der Waals surface area (Å²) in [6, 6.07) is 0. The number of rotatable bonds is 0. The van der Waals surface area contributed by atoms with Gasteiger partial charge in [-0.05, 0) is 0 Å². The molecule has 1 heteroatoms. The molecule has 0 atom stereocenters. The molecule has 0 heterocycles. The molecule has 0 aliphatic heterocycles. The molecule has 0 saturated carbocycles. The Labute approximate surface area is 87.7 Å². The minimum Gasteiger partial charge on any atom is -0.358 e. The molecule has 0 aromatic rings. The second-order valence-corrected chi connectivity index (χ2v) is 2.00. The van der Waals surface area contributed by atoms with E-state index in [1.54, 1.807) is 0 Å². The first-order valence-corrected chi connectivity index (χ1v) is 2.55. The van der Waals surface area contributed by atoms with Crippen molar-refractivity contribution < 1.29 is 21.7 Å². The van der Waals surface area contributed by atoms with Crippen LogP contribution >= 0.6 is 0 Å². The summed E-state index contributed by atoms with van der Waals surface area (Å²) in [4.78, 5) is 0. The Morgan fingerprint density at radius 3 is 1.73 bits per heavy atom. The van der Waals surface area contributed by atoms with Crippen LogP contribution in [0.3, 0.4) is 0 Å². The van der Waals surface area contributed by atoms with Crippen molar-refractivity contribution in [3.05, 3.63) is 45.6 Å². The van der Waals surface area contributed by atoms with E-state index in [1.165, 1.54) is 11.1 Å². The maximum absolute atomic E-state index is 3.19. The van der Waals surface area contributed by atoms with Crippen molar-refractivity contribution >= 4 is 0 Å². The van der Waals surface area contributed by atoms with Crippen LogP contribution in [0.2, 0.25) is 0 Å². The summed E-state index contributed by atoms with van der Waals surface area (Å²) in [6.45, 7) is 4.18. The monoisotopic (exact) mass is 186 g/mol. The van der Waals surface area contributed by atoms with E-state index in [-0.39, 0.29) is 44.0 Å². The normalized spacial score (nSPS) is 12.2. The van der Waals surface area contributed by atoms with Crippen LogP contribution in [0, 0.1) is 28.4 Å². The van der Waals surface area contributed by atoms with Gasteiger partial charge >= 0.3 is 21.7 Å². The first-order chi connectivity index (χ1) is 3.29. The van der Waals surface area contributed by atoms with Crippen LogP contribution in [0.4, 0.5) is 0 Å². The Hall–Kier alpha value is 0.194. The van der Waals surface area contributed by atoms with Crippen LogP contribution in [-0.2, 0) is 21.7 Å². The molecule has 0 fully saturated rings. The van der Waals surface area contributed by atoms with Crippen molar-refractivity contribution in [3.63, 3.8) is 0 Å². The van der Waals surface area contributed by atoms with E-state index in [0.717, 1.165) is 6.42 Å². The Balaban J connectivity index is -0.0000000612. The fourth-order valence-electron chi connectivity index (χ4n) is 0.745. The smallest absolute Gasteiger partial charge is 0.358 e. The number of allylic oxidation sites excluding steroid dienone is 4. The van der Waals surface area contributed by atoms with Gasteiger partial charge in [-0.25, -0.2) is 11.6 Å². The fraction of sp³-hybridized carbons (Fsp3) is 0.300. The van der Waals surface area contributed by atoms with Crippen LogP contribution in [0.25, 0.3) is 0 Å². The van der Waals surface area contributed by atoms with Gasteiger partial charge in [-0.3, -0.25) is 6.08 Å². The molecule has 0 spiro atoms. The third-order valence-electron chi connectivity index (χ3n) is 1.12. The quantitative estimate of drug-likeness (QED) is 0.401. The van der Waals surface area contributed by atoms with Crippen LogP contribution in [0.15, 0.2) is 17.2 Å². The second-order valence-electron chi connectivity index (χ2n) is 2.00. The van der Waals surface area contributed by atoms with Crippen molar-refractivity contribution in [2.24, 2.45) is 0 Å². The van der Waals surface area contributed by atoms with E-state index >= 15 is 0 Å². The first-order valence-electron chi connectivity index (χ1n) is 2.55. The summed E-state index contributed by atoms with van der Waals surface area (Å²) in [5.41, 5.74) is 2.65. The van der Waals surface area contributed by atoms with Crippen LogP contribution < -0.4 is 0 Å². The summed E-state index contributed by atoms with van der Waals surface area (Å²) in [5.74, 6) is 0. The summed E-state index contributed by atoms with van der Waals surface area (Å²) >= 11 is 0. The SMILES string of the molecule is CC1=[C-]C(C)=CC1.[CH3-].[CH3-].[CH3-].[Ti+4]. The van der Waals surface area contributed by atoms with Gasteiger partial charge in [-0.2, -0.15) is 5.57 Å². The molecule has 1 rings (SSSR count). The molecule has 1 aliphatic carbocycles. The first kappa shape index (κ1) is 22.5. The topological polar surface area (TPSA) is 0 Å². The van der Waals surface area contributed by atoms with Gasteiger partial charge in [0.15, 0.2) is 0 Å². The summed E-state index contributed by atoms with van der Waals surface area (Å²) in [5, 5.41) is 0. The van der Waals surface area contributed by atoms with Gasteiger partial charge in [0, 0.05) is 0 Å². The van der Waals surface area contributed by atoms with Crippen molar-refractivity contribution in [2.75, 3.05) is 0 Å². The molecule has 62 valence electrons. The van der Waals surface area contributed by atoms with Gasteiger partial charge in [-0.15, -0.1) is 0 Å². The number of hydrogen-bond donors (Lipinski definition) is 0. The van der Waals surface area contributed by atoms with Crippen molar-refractivity contribution in [3.8, 4) is 0 Å². The van der Waals surface area contributed by atoms with E-state index in [1.807, 2.05) is 0 Å². The van der Waals surface area contributed by atoms with Gasteiger partial charge < -0.3 is 22.3 Å². The Morgan fingerprint density at radius 1 is 1.18 bits per heavy atom. The molecule has 11 heavy (non-hydrogen) atoms. The summed E-state index contributed by atoms with van der Waals surface area (Å²) < 4.78 is 0. The van der Waals surface area contributed by atoms with Crippen molar-refractivity contribution in [1.82, 2.24) is 0 Å². The molecule has 0 aromatic carbocycles. The van der Waals surface area contributed by atoms with E-state index < -0.39 is 0 Å². The average molecular weight is 186 g/mol. The maximum Gasteiger partial charge on any atom is 4.00 e. The molecular formula is C10H18Ti. The Bertz CT molecular complexity index is 132. The van der Waals surface area contributed by atoms with Crippen molar-refractivity contribution in [2.45, 2.75) is 20.3 Å². The van der Waals surface area contributed by atoms with Gasteiger partial charge in [0.2, 0.25) is 0 Å². The average Bonchev–Trinajstić information content (AvgIpc) is 1.87. The third-order valence-corrected chi connectivity index (χ3v) is 1.12. The molecule has 0 bridgehead atoms. The zero-order chi connectivity index (χ0) is 5.28. The second kappa shape index (κ2) is 10.2. The van der Waals surface area contributed by atoms with Crippen molar-refractivity contribution in [1.29, 1.82) is 0 Å². The minimum atomic E-state index is 0. The molecule has 0 radical (unpaired) electrons. The minimum absolute atomic E-state index is 0. The molecule has 0 amide bonds. The fourth-order valence-corrected chi connectivity index (χ4v) is 0.745. The van der Waals surface area contributed by atoms with Crippen LogP contribution in [0.5, 0.6) is 0 Å². The van der Waals surface area contributed by atoms with E-state index in [9.17, 15) is 0 Å². The zero-order valence-corrected chi connectivity index (χ0v) is 9.85. The molecule has 1 aliphatic rings. The molecule has 0 aromatic heterocycles. The molecule has 0 N–H and O–H groups in total. The van der Waals surface area contributed by atoms with Crippen LogP contribution in [-0.4, -0.2) is 0 Å². The van der Waals surface area contributed by atoms with E-state index in [0.29, 0.717) is 0 Å². The maximum atomic E-state index is 3.19. The Morgan fingerprint density at radius 2 is 1.64 bits per heavy atom. The predicted octanol–water partition coefficient (Wildman–Crippen LogP) is 3.43. The van der Waals surface area contributed by atoms with E-state index in [2.05, 4.69) is 26.0 Å². The van der Waals surface area contributed by atoms with Gasteiger partial charge in [-0.1, -0.05) is 20.3 Å². The number of hydrogen-bond acceptors (Lipinski definition) is 0. The Kier molecular flexibility index (Phi) is 20.8. The zero-order valence-electron chi connectivity index (χ0n) is 8.28. The van der Waals surface area contributed by atoms with Crippen LogP contribution in [0.1, 0.15) is 20.3 Å². The predicted molar refractivity (Wildman–Crippen MR) is 50.0 cm³/mol.